The van der Waals surface area contributed by atoms with Gasteiger partial charge in [0.05, 0.1) is 5.69 Å². The lowest BCUT2D eigenvalue weighted by molar-refractivity contribution is 0.468. The van der Waals surface area contributed by atoms with Gasteiger partial charge in [0.1, 0.15) is 23.1 Å². The molecule has 1 aromatic heterocycles. The van der Waals surface area contributed by atoms with Crippen molar-refractivity contribution in [1.82, 2.24) is 10.2 Å². The average molecular weight is 272 g/mol. The zero-order chi connectivity index (χ0) is 13.9. The second kappa shape index (κ2) is 5.13. The van der Waals surface area contributed by atoms with Crippen molar-refractivity contribution in [1.29, 1.82) is 0 Å². The van der Waals surface area contributed by atoms with Gasteiger partial charge < -0.3 is 4.74 Å². The summed E-state index contributed by atoms with van der Waals surface area (Å²) in [5.41, 5.74) is 1.73. The Kier molecular flexibility index (Phi) is 3.16. The molecular weight excluding hydrogens is 262 g/mol. The molecular formula is C15H10F2N2O. The molecule has 0 aliphatic heterocycles. The first-order valence-electron chi connectivity index (χ1n) is 5.95. The maximum Gasteiger partial charge on any atom is 0.133 e. The molecule has 0 atom stereocenters. The fraction of sp³-hybridized carbons (Fsp3) is 0. The standard InChI is InChI=1S/C15H10F2N2O/c16-11-7-12(17)9-14(8-11)20-13-3-1-10(2-4-13)15-5-6-18-19-15/h1-9H,(H,18,19). The molecule has 0 radical (unpaired) electrons. The van der Waals surface area contributed by atoms with Gasteiger partial charge in [-0.25, -0.2) is 8.78 Å². The minimum absolute atomic E-state index is 0.120. The van der Waals surface area contributed by atoms with Gasteiger partial charge >= 0.3 is 0 Å². The molecule has 1 heterocycles. The fourth-order valence-corrected chi connectivity index (χ4v) is 1.84. The largest absolute Gasteiger partial charge is 0.457 e. The van der Waals surface area contributed by atoms with Crippen molar-refractivity contribution >= 4 is 0 Å². The van der Waals surface area contributed by atoms with Gasteiger partial charge in [0.25, 0.3) is 0 Å². The molecule has 0 aliphatic rings. The molecule has 5 heteroatoms. The number of ether oxygens (including phenoxy) is 1. The number of aromatic nitrogens is 2. The lowest BCUT2D eigenvalue weighted by Gasteiger charge is -2.06. The highest BCUT2D eigenvalue weighted by atomic mass is 19.1. The highest BCUT2D eigenvalue weighted by Gasteiger charge is 2.04. The van der Waals surface area contributed by atoms with E-state index in [4.69, 9.17) is 4.74 Å². The monoisotopic (exact) mass is 272 g/mol. The molecule has 1 N–H and O–H groups in total. The summed E-state index contributed by atoms with van der Waals surface area (Å²) >= 11 is 0. The van der Waals surface area contributed by atoms with Gasteiger partial charge in [0.15, 0.2) is 0 Å². The van der Waals surface area contributed by atoms with Gasteiger partial charge in [-0.3, -0.25) is 5.10 Å². The van der Waals surface area contributed by atoms with Crippen LogP contribution in [0.15, 0.2) is 54.7 Å². The average Bonchev–Trinajstić information content (AvgIpc) is 2.92. The maximum atomic E-state index is 13.0. The van der Waals surface area contributed by atoms with Crippen LogP contribution in [0, 0.1) is 11.6 Å². The topological polar surface area (TPSA) is 37.9 Å². The Morgan fingerprint density at radius 3 is 2.15 bits per heavy atom. The number of nitrogens with zero attached hydrogens (tertiary/aromatic N) is 1. The van der Waals surface area contributed by atoms with Crippen molar-refractivity contribution in [3.8, 4) is 22.8 Å². The zero-order valence-electron chi connectivity index (χ0n) is 10.3. The maximum absolute atomic E-state index is 13.0. The summed E-state index contributed by atoms with van der Waals surface area (Å²) in [5.74, 6) is -0.731. The van der Waals surface area contributed by atoms with E-state index in [2.05, 4.69) is 10.2 Å². The Bertz CT molecular complexity index is 689. The van der Waals surface area contributed by atoms with Gasteiger partial charge in [0, 0.05) is 30.0 Å². The highest BCUT2D eigenvalue weighted by molar-refractivity contribution is 5.59. The Morgan fingerprint density at radius 1 is 0.850 bits per heavy atom. The summed E-state index contributed by atoms with van der Waals surface area (Å²) in [7, 11) is 0. The van der Waals surface area contributed by atoms with Crippen LogP contribution >= 0.6 is 0 Å². The molecule has 0 fully saturated rings. The summed E-state index contributed by atoms with van der Waals surface area (Å²) in [4.78, 5) is 0. The smallest absolute Gasteiger partial charge is 0.133 e. The van der Waals surface area contributed by atoms with E-state index in [1.807, 2.05) is 18.2 Å². The number of nitrogens with one attached hydrogen (secondary N) is 1. The summed E-state index contributed by atoms with van der Waals surface area (Å²) in [5, 5.41) is 6.79. The SMILES string of the molecule is Fc1cc(F)cc(Oc2ccc(-c3cc[nH]n3)cc2)c1. The van der Waals surface area contributed by atoms with Crippen LogP contribution in [0.1, 0.15) is 0 Å². The van der Waals surface area contributed by atoms with Gasteiger partial charge in [-0.2, -0.15) is 5.10 Å². The normalized spacial score (nSPS) is 10.5. The number of hydrogen-bond donors (Lipinski definition) is 1. The van der Waals surface area contributed by atoms with Gasteiger partial charge in [-0.15, -0.1) is 0 Å². The van der Waals surface area contributed by atoms with E-state index in [1.165, 1.54) is 0 Å². The van der Waals surface area contributed by atoms with Crippen molar-refractivity contribution < 1.29 is 13.5 Å². The zero-order valence-corrected chi connectivity index (χ0v) is 10.3. The summed E-state index contributed by atoms with van der Waals surface area (Å²) in [6, 6.07) is 12.0. The number of benzene rings is 2. The third kappa shape index (κ3) is 2.66. The third-order valence-corrected chi connectivity index (χ3v) is 2.72. The van der Waals surface area contributed by atoms with Crippen molar-refractivity contribution in [2.75, 3.05) is 0 Å². The first-order valence-corrected chi connectivity index (χ1v) is 5.95. The Morgan fingerprint density at radius 2 is 1.55 bits per heavy atom. The molecule has 3 nitrogen and oxygen atoms in total. The van der Waals surface area contributed by atoms with Gasteiger partial charge in [-0.1, -0.05) is 0 Å². The third-order valence-electron chi connectivity index (χ3n) is 2.72. The van der Waals surface area contributed by atoms with Crippen molar-refractivity contribution in [2.24, 2.45) is 0 Å². The predicted molar refractivity (Wildman–Crippen MR) is 70.5 cm³/mol. The minimum atomic E-state index is -0.673. The van der Waals surface area contributed by atoms with Crippen LogP contribution in [0.25, 0.3) is 11.3 Å². The first kappa shape index (κ1) is 12.3. The van der Waals surface area contributed by atoms with E-state index in [-0.39, 0.29) is 5.75 Å². The van der Waals surface area contributed by atoms with Crippen LogP contribution in [0.3, 0.4) is 0 Å². The fourth-order valence-electron chi connectivity index (χ4n) is 1.84. The van der Waals surface area contributed by atoms with Crippen molar-refractivity contribution in [3.05, 3.63) is 66.4 Å². The number of aromatic amines is 1. The molecule has 0 bridgehead atoms. The van der Waals surface area contributed by atoms with Crippen LogP contribution in [0.4, 0.5) is 8.78 Å². The van der Waals surface area contributed by atoms with E-state index in [0.29, 0.717) is 5.75 Å². The summed E-state index contributed by atoms with van der Waals surface area (Å²) < 4.78 is 31.5. The number of rotatable bonds is 3. The minimum Gasteiger partial charge on any atom is -0.457 e. The molecule has 20 heavy (non-hydrogen) atoms. The molecule has 0 saturated heterocycles. The molecule has 0 aliphatic carbocycles. The second-order valence-corrected chi connectivity index (χ2v) is 4.19. The Balaban J connectivity index is 1.81. The van der Waals surface area contributed by atoms with E-state index < -0.39 is 11.6 Å². The first-order chi connectivity index (χ1) is 9.70. The molecule has 100 valence electrons. The van der Waals surface area contributed by atoms with Gasteiger partial charge in [0.2, 0.25) is 0 Å². The predicted octanol–water partition coefficient (Wildman–Crippen LogP) is 4.15. The summed E-state index contributed by atoms with van der Waals surface area (Å²) in [6.45, 7) is 0. The van der Waals surface area contributed by atoms with Crippen molar-refractivity contribution in [2.45, 2.75) is 0 Å². The van der Waals surface area contributed by atoms with Crippen molar-refractivity contribution in [3.63, 3.8) is 0 Å². The lowest BCUT2D eigenvalue weighted by Crippen LogP contribution is -1.87. The Labute approximate surface area is 113 Å². The van der Waals surface area contributed by atoms with E-state index in [0.717, 1.165) is 29.5 Å². The summed E-state index contributed by atoms with van der Waals surface area (Å²) in [6.07, 6.45) is 1.73. The molecule has 3 rings (SSSR count). The van der Waals surface area contributed by atoms with Crippen LogP contribution < -0.4 is 4.74 Å². The molecule has 0 unspecified atom stereocenters. The van der Waals surface area contributed by atoms with Gasteiger partial charge in [-0.05, 0) is 30.3 Å². The highest BCUT2D eigenvalue weighted by Crippen LogP contribution is 2.25. The van der Waals surface area contributed by atoms with Crippen LogP contribution in [-0.4, -0.2) is 10.2 Å². The van der Waals surface area contributed by atoms with Crippen LogP contribution in [0.5, 0.6) is 11.5 Å². The number of hydrogen-bond acceptors (Lipinski definition) is 2. The van der Waals surface area contributed by atoms with E-state index >= 15 is 0 Å². The molecule has 0 saturated carbocycles. The lowest BCUT2D eigenvalue weighted by atomic mass is 10.1. The second-order valence-electron chi connectivity index (χ2n) is 4.19. The molecule has 2 aromatic carbocycles. The van der Waals surface area contributed by atoms with Crippen LogP contribution in [0.2, 0.25) is 0 Å². The molecule has 0 amide bonds. The molecule has 3 aromatic rings. The van der Waals surface area contributed by atoms with E-state index in [1.54, 1.807) is 18.3 Å². The quantitative estimate of drug-likeness (QED) is 0.777. The van der Waals surface area contributed by atoms with E-state index in [9.17, 15) is 8.78 Å². The molecule has 0 spiro atoms. The Hall–Kier alpha value is -2.69. The number of H-pyrrole nitrogens is 1. The van der Waals surface area contributed by atoms with Crippen LogP contribution in [-0.2, 0) is 0 Å². The number of halogens is 2.